The summed E-state index contributed by atoms with van der Waals surface area (Å²) in [5, 5.41) is 5.84. The Morgan fingerprint density at radius 1 is 0.917 bits per heavy atom. The summed E-state index contributed by atoms with van der Waals surface area (Å²) >= 11 is 0. The highest BCUT2D eigenvalue weighted by atomic mass is 15.0. The molecule has 0 aliphatic rings. The molecule has 0 aromatic rings. The lowest BCUT2D eigenvalue weighted by Crippen LogP contribution is -2.72. The molecule has 0 aromatic carbocycles. The molecule has 4 heteroatoms. The second-order valence-electron chi connectivity index (χ2n) is 2.00. The van der Waals surface area contributed by atoms with Gasteiger partial charge in [0.1, 0.15) is 0 Å². The van der Waals surface area contributed by atoms with E-state index in [-0.39, 0.29) is 0 Å². The maximum absolute atomic E-state index is 2.92. The lowest BCUT2D eigenvalue weighted by atomic mass is 10.5. The van der Waals surface area contributed by atoms with Crippen molar-refractivity contribution >= 4 is 11.7 Å². The van der Waals surface area contributed by atoms with Crippen LogP contribution in [0.5, 0.6) is 0 Å². The lowest BCUT2D eigenvalue weighted by Gasteiger charge is -1.85. The molecule has 0 spiro atoms. The van der Waals surface area contributed by atoms with Crippen LogP contribution < -0.4 is 20.6 Å². The summed E-state index contributed by atoms with van der Waals surface area (Å²) < 4.78 is 0. The SMILES string of the molecule is CNC(C#CC(NC)=[NH+]C)=[NH+]C. The van der Waals surface area contributed by atoms with Gasteiger partial charge in [-0.15, -0.1) is 0 Å². The van der Waals surface area contributed by atoms with Gasteiger partial charge in [0.2, 0.25) is 0 Å². The molecule has 12 heavy (non-hydrogen) atoms. The first-order chi connectivity index (χ1) is 5.78. The van der Waals surface area contributed by atoms with E-state index in [2.05, 4.69) is 32.5 Å². The lowest BCUT2D eigenvalue weighted by molar-refractivity contribution is -0.421. The summed E-state index contributed by atoms with van der Waals surface area (Å²) in [7, 11) is 7.27. The monoisotopic (exact) mass is 168 g/mol. The molecule has 0 bridgehead atoms. The first-order valence-electron chi connectivity index (χ1n) is 3.75. The van der Waals surface area contributed by atoms with Crippen molar-refractivity contribution < 1.29 is 9.98 Å². The maximum atomic E-state index is 2.92. The van der Waals surface area contributed by atoms with Crippen LogP contribution in [0.4, 0.5) is 0 Å². The summed E-state index contributed by atoms with van der Waals surface area (Å²) in [6.07, 6.45) is 0. The molecule has 0 saturated heterocycles. The van der Waals surface area contributed by atoms with Crippen molar-refractivity contribution in [2.45, 2.75) is 0 Å². The van der Waals surface area contributed by atoms with Crippen molar-refractivity contribution in [3.8, 4) is 11.8 Å². The van der Waals surface area contributed by atoms with E-state index in [0.29, 0.717) is 0 Å². The Bertz CT molecular complexity index is 218. The molecule has 0 amide bonds. The van der Waals surface area contributed by atoms with Crippen molar-refractivity contribution in [1.29, 1.82) is 0 Å². The van der Waals surface area contributed by atoms with Crippen molar-refractivity contribution in [2.24, 2.45) is 0 Å². The molecule has 4 N–H and O–H groups in total. The van der Waals surface area contributed by atoms with Gasteiger partial charge in [-0.1, -0.05) is 0 Å². The Labute approximate surface area is 73.2 Å². The van der Waals surface area contributed by atoms with Crippen LogP contribution >= 0.6 is 0 Å². The van der Waals surface area contributed by atoms with Crippen molar-refractivity contribution in [2.75, 3.05) is 28.2 Å². The van der Waals surface area contributed by atoms with Crippen LogP contribution in [-0.4, -0.2) is 39.9 Å². The summed E-state index contributed by atoms with van der Waals surface area (Å²) in [6, 6.07) is 0. The van der Waals surface area contributed by atoms with Gasteiger partial charge in [0, 0.05) is 11.8 Å². The second-order valence-corrected chi connectivity index (χ2v) is 2.00. The third kappa shape index (κ3) is 3.62. The van der Waals surface area contributed by atoms with E-state index < -0.39 is 0 Å². The number of amidine groups is 2. The highest BCUT2D eigenvalue weighted by molar-refractivity contribution is 6.02. The molecule has 0 rings (SSSR count). The fourth-order valence-corrected chi connectivity index (χ4v) is 0.625. The standard InChI is InChI=1S/C8H14N4/c1-9-7(10-2)5-6-8(11-3)12-4/h1-4H3,(H,9,10)(H,11,12)/p+2. The number of hydrogen-bond acceptors (Lipinski definition) is 0. The zero-order chi connectivity index (χ0) is 9.40. The van der Waals surface area contributed by atoms with E-state index in [0.717, 1.165) is 11.7 Å². The van der Waals surface area contributed by atoms with Crippen LogP contribution in [0.1, 0.15) is 0 Å². The van der Waals surface area contributed by atoms with Crippen LogP contribution in [0.3, 0.4) is 0 Å². The van der Waals surface area contributed by atoms with E-state index in [4.69, 9.17) is 0 Å². The fourth-order valence-electron chi connectivity index (χ4n) is 0.625. The van der Waals surface area contributed by atoms with Gasteiger partial charge in [-0.3, -0.25) is 20.6 Å². The molecular weight excluding hydrogens is 152 g/mol. The molecule has 0 heterocycles. The normalized spacial score (nSPS) is 11.7. The summed E-state index contributed by atoms with van der Waals surface area (Å²) in [5.41, 5.74) is 0. The predicted octanol–water partition coefficient (Wildman–Crippen LogP) is -4.35. The number of nitrogens with one attached hydrogen (secondary N) is 4. The molecule has 0 unspecified atom stereocenters. The Morgan fingerprint density at radius 2 is 1.25 bits per heavy atom. The van der Waals surface area contributed by atoms with Gasteiger partial charge in [0.05, 0.1) is 28.2 Å². The maximum Gasteiger partial charge on any atom is 0.321 e. The topological polar surface area (TPSA) is 52.0 Å². The van der Waals surface area contributed by atoms with Gasteiger partial charge in [-0.25, -0.2) is 0 Å². The van der Waals surface area contributed by atoms with Gasteiger partial charge in [-0.2, -0.15) is 0 Å². The van der Waals surface area contributed by atoms with E-state index >= 15 is 0 Å². The summed E-state index contributed by atoms with van der Waals surface area (Å²) in [6.45, 7) is 0. The molecule has 0 atom stereocenters. The minimum Gasteiger partial charge on any atom is -0.270 e. The molecule has 0 aromatic heterocycles. The van der Waals surface area contributed by atoms with Crippen LogP contribution in [0.15, 0.2) is 0 Å². The van der Waals surface area contributed by atoms with Crippen molar-refractivity contribution in [3.05, 3.63) is 0 Å². The Hall–Kier alpha value is -1.50. The minimum atomic E-state index is 0.790. The molecule has 0 radical (unpaired) electrons. The zero-order valence-electron chi connectivity index (χ0n) is 8.00. The van der Waals surface area contributed by atoms with E-state index in [1.54, 1.807) is 0 Å². The van der Waals surface area contributed by atoms with Crippen LogP contribution in [-0.2, 0) is 0 Å². The third-order valence-corrected chi connectivity index (χ3v) is 1.31. The Kier molecular flexibility index (Phi) is 5.45. The molecule has 0 saturated carbocycles. The van der Waals surface area contributed by atoms with Gasteiger partial charge in [0.15, 0.2) is 0 Å². The van der Waals surface area contributed by atoms with Gasteiger partial charge >= 0.3 is 11.7 Å². The van der Waals surface area contributed by atoms with Crippen molar-refractivity contribution in [1.82, 2.24) is 10.6 Å². The van der Waals surface area contributed by atoms with Gasteiger partial charge in [-0.05, 0) is 0 Å². The van der Waals surface area contributed by atoms with Gasteiger partial charge < -0.3 is 0 Å². The molecule has 0 aliphatic heterocycles. The zero-order valence-corrected chi connectivity index (χ0v) is 8.00. The van der Waals surface area contributed by atoms with E-state index in [1.165, 1.54) is 0 Å². The average Bonchev–Trinajstić information content (AvgIpc) is 2.13. The minimum absolute atomic E-state index is 0.790. The summed E-state index contributed by atoms with van der Waals surface area (Å²) in [5.74, 6) is 7.39. The highest BCUT2D eigenvalue weighted by Crippen LogP contribution is 1.54. The van der Waals surface area contributed by atoms with E-state index in [1.807, 2.05) is 28.2 Å². The molecule has 0 aliphatic carbocycles. The predicted molar refractivity (Wildman–Crippen MR) is 49.7 cm³/mol. The van der Waals surface area contributed by atoms with Crippen LogP contribution in [0, 0.1) is 11.8 Å². The van der Waals surface area contributed by atoms with Crippen LogP contribution in [0.25, 0.3) is 0 Å². The Balaban J connectivity index is 4.37. The Morgan fingerprint density at radius 3 is 1.42 bits per heavy atom. The first-order valence-corrected chi connectivity index (χ1v) is 3.75. The number of hydrogen-bond donors (Lipinski definition) is 4. The van der Waals surface area contributed by atoms with E-state index in [9.17, 15) is 0 Å². The molecule has 66 valence electrons. The third-order valence-electron chi connectivity index (χ3n) is 1.31. The molecule has 0 fully saturated rings. The average molecular weight is 168 g/mol. The highest BCUT2D eigenvalue weighted by Gasteiger charge is 1.96. The first kappa shape index (κ1) is 10.5. The number of rotatable bonds is 0. The summed E-state index contributed by atoms with van der Waals surface area (Å²) in [4.78, 5) is 5.84. The molecular formula is C8H16N4+2. The molecule has 4 nitrogen and oxygen atoms in total. The van der Waals surface area contributed by atoms with Crippen molar-refractivity contribution in [3.63, 3.8) is 0 Å². The fraction of sp³-hybridized carbons (Fsp3) is 0.500. The van der Waals surface area contributed by atoms with Crippen LogP contribution in [0.2, 0.25) is 0 Å². The second kappa shape index (κ2) is 6.23. The largest absolute Gasteiger partial charge is 0.321 e. The quantitative estimate of drug-likeness (QED) is 0.168. The van der Waals surface area contributed by atoms with Gasteiger partial charge in [0.25, 0.3) is 0 Å². The smallest absolute Gasteiger partial charge is 0.270 e.